The molecule has 1 fully saturated rings. The molecule has 0 radical (unpaired) electrons. The predicted octanol–water partition coefficient (Wildman–Crippen LogP) is 6.10. The molecule has 1 aliphatic carbocycles. The lowest BCUT2D eigenvalue weighted by molar-refractivity contribution is 0.0601. The molecule has 1 N–H and O–H groups in total. The first-order chi connectivity index (χ1) is 21.8. The van der Waals surface area contributed by atoms with E-state index < -0.39 is 23.4 Å². The number of benzene rings is 3. The zero-order valence-electron chi connectivity index (χ0n) is 24.3. The van der Waals surface area contributed by atoms with Gasteiger partial charge in [0.2, 0.25) is 5.88 Å². The van der Waals surface area contributed by atoms with Crippen molar-refractivity contribution in [2.75, 3.05) is 13.7 Å². The molecule has 0 amide bonds. The third-order valence-electron chi connectivity index (χ3n) is 7.64. The minimum atomic E-state index is -0.680. The zero-order chi connectivity index (χ0) is 31.5. The molecular formula is C34H28F3N5O3. The van der Waals surface area contributed by atoms with Crippen LogP contribution in [0.2, 0.25) is 0 Å². The molecule has 2 heterocycles. The summed E-state index contributed by atoms with van der Waals surface area (Å²) in [5.41, 5.74) is 2.30. The van der Waals surface area contributed by atoms with Gasteiger partial charge in [-0.3, -0.25) is 0 Å². The number of methoxy groups -OCH3 is 1. The van der Waals surface area contributed by atoms with Crippen molar-refractivity contribution < 1.29 is 27.4 Å². The van der Waals surface area contributed by atoms with Crippen LogP contribution in [0.3, 0.4) is 0 Å². The molecule has 0 bridgehead atoms. The standard InChI is InChI=1S/C34H28F3N5O3/c1-44-34(43)21-7-10-30-31(15-21)42(12-11-39-24-8-9-24)32(40-30)16-23-14-28(37)25(17-27(23)36)29-3-2-4-33(41-29)45-19-22-6-5-20(18-38)13-26(22)35/h2-7,10,13-15,17,24,39H,8-9,11-12,16,19H2,1H3. The Hall–Kier alpha value is -5.21. The molecule has 11 heteroatoms. The van der Waals surface area contributed by atoms with Crippen molar-refractivity contribution in [3.63, 3.8) is 0 Å². The van der Waals surface area contributed by atoms with Crippen LogP contribution in [-0.4, -0.2) is 40.2 Å². The molecule has 0 saturated heterocycles. The molecule has 8 nitrogen and oxygen atoms in total. The molecule has 1 aliphatic rings. The number of halogens is 3. The first-order valence-electron chi connectivity index (χ1n) is 14.4. The lowest BCUT2D eigenvalue weighted by Gasteiger charge is -2.12. The lowest BCUT2D eigenvalue weighted by Crippen LogP contribution is -2.22. The van der Waals surface area contributed by atoms with Gasteiger partial charge in [0.05, 0.1) is 41.0 Å². The van der Waals surface area contributed by atoms with E-state index in [1.807, 2.05) is 10.6 Å². The second-order valence-corrected chi connectivity index (χ2v) is 10.8. The maximum Gasteiger partial charge on any atom is 0.337 e. The minimum absolute atomic E-state index is 0.0153. The number of nitrogens with zero attached hydrogens (tertiary/aromatic N) is 4. The largest absolute Gasteiger partial charge is 0.473 e. The van der Waals surface area contributed by atoms with E-state index in [0.717, 1.165) is 31.0 Å². The van der Waals surface area contributed by atoms with Crippen molar-refractivity contribution in [2.24, 2.45) is 0 Å². The van der Waals surface area contributed by atoms with E-state index >= 15 is 8.78 Å². The number of hydrogen-bond acceptors (Lipinski definition) is 7. The second-order valence-electron chi connectivity index (χ2n) is 10.8. The number of hydrogen-bond donors (Lipinski definition) is 1. The van der Waals surface area contributed by atoms with Crippen LogP contribution in [0.1, 0.15) is 45.7 Å². The van der Waals surface area contributed by atoms with Crippen LogP contribution in [0.5, 0.6) is 5.88 Å². The SMILES string of the molecule is COC(=O)c1ccc2nc(Cc3cc(F)c(-c4cccc(OCc5ccc(C#N)cc5F)n4)cc3F)n(CCNC3CC3)c2c1. The number of nitriles is 1. The predicted molar refractivity (Wildman–Crippen MR) is 160 cm³/mol. The summed E-state index contributed by atoms with van der Waals surface area (Å²) < 4.78 is 57.7. The number of fused-ring (bicyclic) bond motifs is 1. The van der Waals surface area contributed by atoms with E-state index in [4.69, 9.17) is 19.7 Å². The highest BCUT2D eigenvalue weighted by molar-refractivity contribution is 5.93. The van der Waals surface area contributed by atoms with E-state index in [1.165, 1.54) is 31.4 Å². The summed E-state index contributed by atoms with van der Waals surface area (Å²) in [4.78, 5) is 21.2. The molecular weight excluding hydrogens is 583 g/mol. The van der Waals surface area contributed by atoms with Crippen molar-refractivity contribution in [3.05, 3.63) is 112 Å². The summed E-state index contributed by atoms with van der Waals surface area (Å²) in [5.74, 6) is -1.76. The summed E-state index contributed by atoms with van der Waals surface area (Å²) in [6.45, 7) is 1.02. The fourth-order valence-electron chi connectivity index (χ4n) is 5.09. The maximum absolute atomic E-state index is 15.5. The smallest absolute Gasteiger partial charge is 0.337 e. The number of imidazole rings is 1. The van der Waals surface area contributed by atoms with Crippen molar-refractivity contribution in [3.8, 4) is 23.2 Å². The molecule has 0 aliphatic heterocycles. The summed E-state index contributed by atoms with van der Waals surface area (Å²) in [5, 5.41) is 12.4. The van der Waals surface area contributed by atoms with E-state index in [1.54, 1.807) is 24.3 Å². The molecule has 3 aromatic carbocycles. The van der Waals surface area contributed by atoms with Crippen molar-refractivity contribution in [2.45, 2.75) is 38.5 Å². The van der Waals surface area contributed by atoms with Crippen molar-refractivity contribution >= 4 is 17.0 Å². The van der Waals surface area contributed by atoms with Gasteiger partial charge >= 0.3 is 5.97 Å². The topological polar surface area (TPSA) is 102 Å². The average Bonchev–Trinajstić information content (AvgIpc) is 3.82. The molecule has 5 aromatic rings. The maximum atomic E-state index is 15.5. The number of esters is 1. The Morgan fingerprint density at radius 1 is 1.00 bits per heavy atom. The zero-order valence-corrected chi connectivity index (χ0v) is 24.3. The third kappa shape index (κ3) is 6.66. The Bertz CT molecular complexity index is 1950. The number of pyridine rings is 1. The molecule has 45 heavy (non-hydrogen) atoms. The highest BCUT2D eigenvalue weighted by atomic mass is 19.1. The second kappa shape index (κ2) is 12.8. The fraction of sp³-hybridized carbons (Fsp3) is 0.235. The molecule has 2 aromatic heterocycles. The van der Waals surface area contributed by atoms with Crippen molar-refractivity contribution in [1.29, 1.82) is 5.26 Å². The summed E-state index contributed by atoms with van der Waals surface area (Å²) in [7, 11) is 1.31. The Morgan fingerprint density at radius 3 is 2.58 bits per heavy atom. The molecule has 6 rings (SSSR count). The van der Waals surface area contributed by atoms with E-state index in [2.05, 4.69) is 10.3 Å². The van der Waals surface area contributed by atoms with Gasteiger partial charge in [-0.2, -0.15) is 5.26 Å². The number of aromatic nitrogens is 3. The van der Waals surface area contributed by atoms with E-state index in [-0.39, 0.29) is 46.9 Å². The molecule has 0 spiro atoms. The van der Waals surface area contributed by atoms with Crippen LogP contribution in [0.4, 0.5) is 13.2 Å². The first-order valence-corrected chi connectivity index (χ1v) is 14.4. The van der Waals surface area contributed by atoms with Gasteiger partial charge in [-0.25, -0.2) is 27.9 Å². The van der Waals surface area contributed by atoms with E-state index in [0.29, 0.717) is 41.6 Å². The quantitative estimate of drug-likeness (QED) is 0.180. The van der Waals surface area contributed by atoms with Crippen LogP contribution in [0.25, 0.3) is 22.3 Å². The first kappa shape index (κ1) is 29.8. The van der Waals surface area contributed by atoms with Gasteiger partial charge in [0.1, 0.15) is 29.9 Å². The van der Waals surface area contributed by atoms with Crippen LogP contribution in [0, 0.1) is 28.8 Å². The summed E-state index contributed by atoms with van der Waals surface area (Å²) in [6.07, 6.45) is 2.27. The van der Waals surface area contributed by atoms with Crippen molar-refractivity contribution in [1.82, 2.24) is 19.9 Å². The molecule has 0 atom stereocenters. The average molecular weight is 612 g/mol. The van der Waals surface area contributed by atoms with Gasteiger partial charge in [-0.15, -0.1) is 0 Å². The Labute approximate surface area is 257 Å². The number of carbonyl (C=O) groups is 1. The Kier molecular flexibility index (Phi) is 8.49. The molecule has 1 saturated carbocycles. The Morgan fingerprint density at radius 2 is 1.82 bits per heavy atom. The summed E-state index contributed by atoms with van der Waals surface area (Å²) in [6, 6.07) is 18.3. The summed E-state index contributed by atoms with van der Waals surface area (Å²) >= 11 is 0. The van der Waals surface area contributed by atoms with Crippen LogP contribution >= 0.6 is 0 Å². The fourth-order valence-corrected chi connectivity index (χ4v) is 5.09. The number of ether oxygens (including phenoxy) is 2. The van der Waals surface area contributed by atoms with Gasteiger partial charge in [0.15, 0.2) is 0 Å². The normalized spacial score (nSPS) is 12.7. The number of rotatable bonds is 11. The van der Waals surface area contributed by atoms with E-state index in [9.17, 15) is 9.18 Å². The van der Waals surface area contributed by atoms with Crippen LogP contribution in [0.15, 0.2) is 66.7 Å². The van der Waals surface area contributed by atoms with Gasteiger partial charge in [-0.05, 0) is 66.9 Å². The number of nitrogens with one attached hydrogen (secondary N) is 1. The monoisotopic (exact) mass is 611 g/mol. The molecule has 228 valence electrons. The van der Waals surface area contributed by atoms with Gasteiger partial charge in [0, 0.05) is 42.7 Å². The Balaban J connectivity index is 1.25. The van der Waals surface area contributed by atoms with Gasteiger partial charge < -0.3 is 19.4 Å². The van der Waals surface area contributed by atoms with Gasteiger partial charge in [-0.1, -0.05) is 12.1 Å². The minimum Gasteiger partial charge on any atom is -0.473 e. The van der Waals surface area contributed by atoms with Crippen LogP contribution in [-0.2, 0) is 24.3 Å². The van der Waals surface area contributed by atoms with Crippen LogP contribution < -0.4 is 10.1 Å². The number of carbonyl (C=O) groups excluding carboxylic acids is 1. The highest BCUT2D eigenvalue weighted by Gasteiger charge is 2.22. The highest BCUT2D eigenvalue weighted by Crippen LogP contribution is 2.28. The lowest BCUT2D eigenvalue weighted by atomic mass is 10.0. The van der Waals surface area contributed by atoms with Gasteiger partial charge in [0.25, 0.3) is 0 Å². The third-order valence-corrected chi connectivity index (χ3v) is 7.64. The molecule has 0 unspecified atom stereocenters.